The highest BCUT2D eigenvalue weighted by atomic mass is 32.2. The molecule has 2 aromatic rings. The lowest BCUT2D eigenvalue weighted by atomic mass is 10.1. The van der Waals surface area contributed by atoms with Crippen molar-refractivity contribution in [1.82, 2.24) is 10.6 Å². The molecule has 1 aliphatic heterocycles. The number of rotatable bonds is 4. The van der Waals surface area contributed by atoms with Gasteiger partial charge in [-0.05, 0) is 29.8 Å². The first-order valence-corrected chi connectivity index (χ1v) is 9.63. The van der Waals surface area contributed by atoms with Crippen molar-refractivity contribution >= 4 is 27.3 Å². The topological polar surface area (TPSA) is 122 Å². The average Bonchev–Trinajstić information content (AvgIpc) is 3.17. The lowest BCUT2D eigenvalue weighted by molar-refractivity contribution is 0.0888. The number of nitrogens with two attached hydrogens (primary N) is 1. The van der Waals surface area contributed by atoms with Crippen LogP contribution in [-0.2, 0) is 10.0 Å². The predicted molar refractivity (Wildman–Crippen MR) is 91.3 cm³/mol. The van der Waals surface area contributed by atoms with Crippen molar-refractivity contribution in [3.05, 3.63) is 42.0 Å². The first-order chi connectivity index (χ1) is 11.3. The van der Waals surface area contributed by atoms with Gasteiger partial charge in [-0.2, -0.15) is 0 Å². The number of hydrogen-bond donors (Lipinski definition) is 4. The van der Waals surface area contributed by atoms with Gasteiger partial charge in [-0.15, -0.1) is 11.3 Å². The highest BCUT2D eigenvalue weighted by Crippen LogP contribution is 2.30. The monoisotopic (exact) mass is 367 g/mol. The number of aliphatic hydroxyl groups is 1. The summed E-state index contributed by atoms with van der Waals surface area (Å²) in [4.78, 5) is 12.9. The molecule has 2 heterocycles. The normalized spacial score (nSPS) is 20.9. The molecular weight excluding hydrogens is 350 g/mol. The Balaban J connectivity index is 1.73. The zero-order chi connectivity index (χ0) is 17.3. The van der Waals surface area contributed by atoms with Crippen LogP contribution < -0.4 is 15.8 Å². The number of sulfonamides is 1. The smallest absolute Gasteiger partial charge is 0.251 e. The van der Waals surface area contributed by atoms with E-state index in [1.807, 2.05) is 0 Å². The highest BCUT2D eigenvalue weighted by molar-refractivity contribution is 7.91. The molecule has 3 rings (SSSR count). The Hall–Kier alpha value is -1.78. The molecule has 128 valence electrons. The second kappa shape index (κ2) is 6.61. The maximum Gasteiger partial charge on any atom is 0.251 e. The standard InChI is InChI=1S/C15H17N3O4S2/c16-24(21,22)14-6-5-13(23-14)9-1-3-10(4-2-9)15(20)18-11-7-17-8-12(11)19/h1-6,11-12,17,19H,7-8H2,(H,18,20)(H2,16,21,22)/t11-,12-/m1/s1. The lowest BCUT2D eigenvalue weighted by Crippen LogP contribution is -2.42. The van der Waals surface area contributed by atoms with Gasteiger partial charge < -0.3 is 15.7 Å². The van der Waals surface area contributed by atoms with Crippen LogP contribution in [0.2, 0.25) is 0 Å². The molecular formula is C15H17N3O4S2. The third-order valence-corrected chi connectivity index (χ3v) is 6.36. The van der Waals surface area contributed by atoms with E-state index >= 15 is 0 Å². The Morgan fingerprint density at radius 1 is 1.21 bits per heavy atom. The van der Waals surface area contributed by atoms with Crippen LogP contribution in [0.4, 0.5) is 0 Å². The highest BCUT2D eigenvalue weighted by Gasteiger charge is 2.26. The predicted octanol–water partition coefficient (Wildman–Crippen LogP) is 0.125. The van der Waals surface area contributed by atoms with E-state index in [1.54, 1.807) is 30.3 Å². The molecule has 1 aromatic carbocycles. The first-order valence-electron chi connectivity index (χ1n) is 7.27. The van der Waals surface area contributed by atoms with Gasteiger partial charge in [0.2, 0.25) is 10.0 Å². The second-order valence-corrected chi connectivity index (χ2v) is 8.42. The number of primary sulfonamides is 1. The van der Waals surface area contributed by atoms with Gasteiger partial charge in [-0.3, -0.25) is 4.79 Å². The third-order valence-electron chi connectivity index (χ3n) is 3.79. The molecule has 0 spiro atoms. The fraction of sp³-hybridized carbons (Fsp3) is 0.267. The number of β-amino-alcohol motifs (C(OH)–C–C–N with tert-alkyl or cyclic N) is 1. The Bertz CT molecular complexity index is 846. The van der Waals surface area contributed by atoms with Crippen LogP contribution in [0, 0.1) is 0 Å². The maximum atomic E-state index is 12.2. The number of hydrogen-bond acceptors (Lipinski definition) is 6. The van der Waals surface area contributed by atoms with E-state index in [4.69, 9.17) is 5.14 Å². The van der Waals surface area contributed by atoms with Gasteiger partial charge in [0.1, 0.15) is 4.21 Å². The number of aliphatic hydroxyl groups excluding tert-OH is 1. The Morgan fingerprint density at radius 3 is 2.46 bits per heavy atom. The number of thiophene rings is 1. The quantitative estimate of drug-likeness (QED) is 0.612. The summed E-state index contributed by atoms with van der Waals surface area (Å²) in [7, 11) is -3.71. The van der Waals surface area contributed by atoms with E-state index in [0.29, 0.717) is 18.7 Å². The summed E-state index contributed by atoms with van der Waals surface area (Å²) < 4.78 is 22.7. The summed E-state index contributed by atoms with van der Waals surface area (Å²) in [5.74, 6) is -0.259. The fourth-order valence-corrected chi connectivity index (χ4v) is 4.21. The lowest BCUT2D eigenvalue weighted by Gasteiger charge is -2.15. The zero-order valence-corrected chi connectivity index (χ0v) is 14.2. The average molecular weight is 367 g/mol. The molecule has 1 aliphatic rings. The van der Waals surface area contributed by atoms with E-state index < -0.39 is 16.1 Å². The Labute approximate surface area is 143 Å². The van der Waals surface area contributed by atoms with E-state index in [2.05, 4.69) is 10.6 Å². The number of benzene rings is 1. The van der Waals surface area contributed by atoms with Crippen molar-refractivity contribution in [3.8, 4) is 10.4 Å². The maximum absolute atomic E-state index is 12.2. The number of carbonyl (C=O) groups is 1. The van der Waals surface area contributed by atoms with Crippen molar-refractivity contribution in [3.63, 3.8) is 0 Å². The summed E-state index contributed by atoms with van der Waals surface area (Å²) in [5.41, 5.74) is 1.27. The molecule has 24 heavy (non-hydrogen) atoms. The van der Waals surface area contributed by atoms with Gasteiger partial charge in [0.05, 0.1) is 12.1 Å². The van der Waals surface area contributed by atoms with Crippen LogP contribution in [0.3, 0.4) is 0 Å². The molecule has 0 unspecified atom stereocenters. The molecule has 0 saturated carbocycles. The minimum absolute atomic E-state index is 0.0991. The van der Waals surface area contributed by atoms with E-state index in [9.17, 15) is 18.3 Å². The SMILES string of the molecule is NS(=O)(=O)c1ccc(-c2ccc(C(=O)N[C@@H]3CNC[C@H]3O)cc2)s1. The van der Waals surface area contributed by atoms with Gasteiger partial charge in [0.25, 0.3) is 5.91 Å². The molecule has 1 fully saturated rings. The van der Waals surface area contributed by atoms with Gasteiger partial charge in [-0.1, -0.05) is 12.1 Å². The minimum Gasteiger partial charge on any atom is -0.390 e. The molecule has 0 aliphatic carbocycles. The molecule has 1 aromatic heterocycles. The Kier molecular flexibility index (Phi) is 4.70. The minimum atomic E-state index is -3.71. The second-order valence-electron chi connectivity index (χ2n) is 5.55. The van der Waals surface area contributed by atoms with Gasteiger partial charge >= 0.3 is 0 Å². The van der Waals surface area contributed by atoms with Crippen molar-refractivity contribution in [2.75, 3.05) is 13.1 Å². The molecule has 9 heteroatoms. The van der Waals surface area contributed by atoms with Gasteiger partial charge in [-0.25, -0.2) is 13.6 Å². The molecule has 7 nitrogen and oxygen atoms in total. The molecule has 0 bridgehead atoms. The van der Waals surface area contributed by atoms with Gasteiger partial charge in [0, 0.05) is 23.5 Å². The molecule has 2 atom stereocenters. The molecule has 1 saturated heterocycles. The first kappa shape index (κ1) is 17.1. The van der Waals surface area contributed by atoms with Crippen molar-refractivity contribution < 1.29 is 18.3 Å². The zero-order valence-electron chi connectivity index (χ0n) is 12.6. The third kappa shape index (κ3) is 3.65. The number of nitrogens with one attached hydrogen (secondary N) is 2. The summed E-state index contributed by atoms with van der Waals surface area (Å²) in [6.45, 7) is 1.01. The summed E-state index contributed by atoms with van der Waals surface area (Å²) in [5, 5.41) is 20.6. The molecule has 0 radical (unpaired) electrons. The van der Waals surface area contributed by atoms with Crippen LogP contribution in [0.15, 0.2) is 40.6 Å². The van der Waals surface area contributed by atoms with Crippen molar-refractivity contribution in [2.45, 2.75) is 16.4 Å². The van der Waals surface area contributed by atoms with Crippen LogP contribution in [-0.4, -0.2) is 44.7 Å². The molecule has 5 N–H and O–H groups in total. The van der Waals surface area contributed by atoms with E-state index in [0.717, 1.165) is 21.8 Å². The van der Waals surface area contributed by atoms with Crippen LogP contribution in [0.1, 0.15) is 10.4 Å². The summed E-state index contributed by atoms with van der Waals surface area (Å²) in [6, 6.07) is 9.66. The van der Waals surface area contributed by atoms with E-state index in [1.165, 1.54) is 6.07 Å². The molecule has 1 amide bonds. The van der Waals surface area contributed by atoms with Crippen molar-refractivity contribution in [1.29, 1.82) is 0 Å². The van der Waals surface area contributed by atoms with Gasteiger partial charge in [0.15, 0.2) is 0 Å². The number of carbonyl (C=O) groups excluding carboxylic acids is 1. The van der Waals surface area contributed by atoms with Crippen LogP contribution in [0.25, 0.3) is 10.4 Å². The van der Waals surface area contributed by atoms with Crippen LogP contribution in [0.5, 0.6) is 0 Å². The summed E-state index contributed by atoms with van der Waals surface area (Å²) >= 11 is 1.08. The van der Waals surface area contributed by atoms with Crippen molar-refractivity contribution in [2.24, 2.45) is 5.14 Å². The largest absolute Gasteiger partial charge is 0.390 e. The van der Waals surface area contributed by atoms with E-state index in [-0.39, 0.29) is 16.2 Å². The fourth-order valence-electron chi connectivity index (χ4n) is 2.48. The number of amides is 1. The Morgan fingerprint density at radius 2 is 1.92 bits per heavy atom. The van der Waals surface area contributed by atoms with Crippen LogP contribution >= 0.6 is 11.3 Å². The summed E-state index contributed by atoms with van der Waals surface area (Å²) in [6.07, 6.45) is -0.587.